The van der Waals surface area contributed by atoms with Gasteiger partial charge in [-0.05, 0) is 62.9 Å². The van der Waals surface area contributed by atoms with Gasteiger partial charge in [0.2, 0.25) is 0 Å². The van der Waals surface area contributed by atoms with Crippen molar-refractivity contribution in [1.29, 1.82) is 0 Å². The van der Waals surface area contributed by atoms with Crippen LogP contribution in [0.1, 0.15) is 54.1 Å². The van der Waals surface area contributed by atoms with Gasteiger partial charge < -0.3 is 25.4 Å². The molecule has 3 fully saturated rings. The Morgan fingerprint density at radius 2 is 1.86 bits per heavy atom. The Kier molecular flexibility index (Phi) is 6.99. The van der Waals surface area contributed by atoms with Crippen molar-refractivity contribution in [3.8, 4) is 5.75 Å². The van der Waals surface area contributed by atoms with Gasteiger partial charge >= 0.3 is 5.97 Å². The molecule has 8 nitrogen and oxygen atoms in total. The van der Waals surface area contributed by atoms with Gasteiger partial charge in [0, 0.05) is 37.5 Å². The lowest BCUT2D eigenvalue weighted by atomic mass is 9.78. The van der Waals surface area contributed by atoms with Crippen LogP contribution in [0.4, 0.5) is 0 Å². The monoisotopic (exact) mass is 492 g/mol. The second-order valence-corrected chi connectivity index (χ2v) is 10.8. The molecule has 5 rings (SSSR count). The number of nitrogens with one attached hydrogen (secondary N) is 2. The summed E-state index contributed by atoms with van der Waals surface area (Å²) in [5.74, 6) is 0.344. The quantitative estimate of drug-likeness (QED) is 0.443. The SMILES string of the molecule is CNC(=O)c1ccc(OCC2(CNC3CC3c3ccccc3)CCN(CC3(C(=O)O)CC3)CC2)cn1. The van der Waals surface area contributed by atoms with Gasteiger partial charge in [0.05, 0.1) is 18.2 Å². The summed E-state index contributed by atoms with van der Waals surface area (Å²) in [6.07, 6.45) is 6.23. The van der Waals surface area contributed by atoms with Gasteiger partial charge in [-0.2, -0.15) is 0 Å². The average Bonchev–Trinajstić information content (AvgIpc) is 3.84. The number of aliphatic carboxylic acids is 1. The van der Waals surface area contributed by atoms with Crippen molar-refractivity contribution in [3.05, 3.63) is 59.9 Å². The maximum atomic E-state index is 11.8. The zero-order valence-corrected chi connectivity index (χ0v) is 20.9. The van der Waals surface area contributed by atoms with Crippen LogP contribution in [-0.4, -0.2) is 72.7 Å². The number of pyridine rings is 1. The van der Waals surface area contributed by atoms with Gasteiger partial charge in [0.15, 0.2) is 0 Å². The van der Waals surface area contributed by atoms with Gasteiger partial charge in [-0.25, -0.2) is 4.98 Å². The lowest BCUT2D eigenvalue weighted by Crippen LogP contribution is -2.50. The first-order chi connectivity index (χ1) is 17.4. The number of carbonyl (C=O) groups is 2. The van der Waals surface area contributed by atoms with Crippen LogP contribution in [0.5, 0.6) is 5.75 Å². The van der Waals surface area contributed by atoms with E-state index in [4.69, 9.17) is 4.74 Å². The normalized spacial score (nSPS) is 24.0. The van der Waals surface area contributed by atoms with Crippen LogP contribution >= 0.6 is 0 Å². The maximum absolute atomic E-state index is 11.8. The molecule has 2 atom stereocenters. The number of rotatable bonds is 11. The van der Waals surface area contributed by atoms with Crippen molar-refractivity contribution in [2.45, 2.75) is 44.1 Å². The summed E-state index contributed by atoms with van der Waals surface area (Å²) in [5.41, 5.74) is 1.19. The van der Waals surface area contributed by atoms with E-state index in [1.54, 1.807) is 25.4 Å². The molecule has 2 aromatic rings. The Balaban J connectivity index is 1.21. The first-order valence-corrected chi connectivity index (χ1v) is 13.0. The predicted octanol–water partition coefficient (Wildman–Crippen LogP) is 2.91. The minimum absolute atomic E-state index is 0.0419. The molecule has 3 N–H and O–H groups in total. The van der Waals surface area contributed by atoms with Gasteiger partial charge in [0.25, 0.3) is 5.91 Å². The number of carboxylic acid groups (broad SMARTS) is 1. The third kappa shape index (κ3) is 5.55. The lowest BCUT2D eigenvalue weighted by Gasteiger charge is -2.42. The van der Waals surface area contributed by atoms with Crippen molar-refractivity contribution in [2.75, 3.05) is 39.8 Å². The highest BCUT2D eigenvalue weighted by atomic mass is 16.5. The number of piperidine rings is 1. The smallest absolute Gasteiger partial charge is 0.310 e. The number of carbonyl (C=O) groups excluding carboxylic acids is 1. The second-order valence-electron chi connectivity index (χ2n) is 10.8. The van der Waals surface area contributed by atoms with E-state index in [9.17, 15) is 14.7 Å². The fourth-order valence-corrected chi connectivity index (χ4v) is 5.38. The molecule has 2 aliphatic carbocycles. The second kappa shape index (κ2) is 10.2. The highest BCUT2D eigenvalue weighted by molar-refractivity contribution is 5.91. The van der Waals surface area contributed by atoms with Crippen molar-refractivity contribution in [1.82, 2.24) is 20.5 Å². The molecule has 8 heteroatoms. The van der Waals surface area contributed by atoms with Gasteiger partial charge in [-0.15, -0.1) is 0 Å². The Bertz CT molecular complexity index is 1060. The van der Waals surface area contributed by atoms with Crippen molar-refractivity contribution in [2.24, 2.45) is 10.8 Å². The highest BCUT2D eigenvalue weighted by Gasteiger charge is 2.52. The third-order valence-electron chi connectivity index (χ3n) is 8.25. The maximum Gasteiger partial charge on any atom is 0.310 e. The molecule has 3 aliphatic rings. The average molecular weight is 493 g/mol. The molecule has 1 aromatic carbocycles. The number of hydrogen-bond donors (Lipinski definition) is 3. The minimum atomic E-state index is -0.655. The molecule has 2 unspecified atom stereocenters. The fourth-order valence-electron chi connectivity index (χ4n) is 5.38. The van der Waals surface area contributed by atoms with Gasteiger partial charge in [-0.1, -0.05) is 30.3 Å². The Morgan fingerprint density at radius 1 is 1.11 bits per heavy atom. The molecular weight excluding hydrogens is 456 g/mol. The van der Waals surface area contributed by atoms with E-state index in [-0.39, 0.29) is 11.3 Å². The highest BCUT2D eigenvalue weighted by Crippen LogP contribution is 2.47. The summed E-state index contributed by atoms with van der Waals surface area (Å²) in [4.78, 5) is 30.0. The Hall–Kier alpha value is -2.97. The van der Waals surface area contributed by atoms with Crippen molar-refractivity contribution < 1.29 is 19.4 Å². The van der Waals surface area contributed by atoms with Crippen LogP contribution in [-0.2, 0) is 4.79 Å². The molecular formula is C28H36N4O4. The minimum Gasteiger partial charge on any atom is -0.491 e. The molecule has 2 heterocycles. The Labute approximate surface area is 212 Å². The lowest BCUT2D eigenvalue weighted by molar-refractivity contribution is -0.144. The number of nitrogens with zero attached hydrogens (tertiary/aromatic N) is 2. The van der Waals surface area contributed by atoms with E-state index in [0.717, 1.165) is 51.7 Å². The number of carboxylic acids is 1. The van der Waals surface area contributed by atoms with E-state index < -0.39 is 11.4 Å². The summed E-state index contributed by atoms with van der Waals surface area (Å²) in [6.45, 7) is 3.82. The van der Waals surface area contributed by atoms with E-state index in [1.807, 2.05) is 0 Å². The molecule has 1 amide bonds. The molecule has 1 aromatic heterocycles. The Morgan fingerprint density at radius 3 is 2.47 bits per heavy atom. The molecule has 192 valence electrons. The van der Waals surface area contributed by atoms with E-state index in [2.05, 4.69) is 50.8 Å². The van der Waals surface area contributed by atoms with Gasteiger partial charge in [-0.3, -0.25) is 9.59 Å². The fraction of sp³-hybridized carbons (Fsp3) is 0.536. The number of hydrogen-bond acceptors (Lipinski definition) is 6. The van der Waals surface area contributed by atoms with Gasteiger partial charge in [0.1, 0.15) is 11.4 Å². The van der Waals surface area contributed by atoms with Crippen LogP contribution in [0.15, 0.2) is 48.7 Å². The topological polar surface area (TPSA) is 104 Å². The number of ether oxygens (including phenoxy) is 1. The molecule has 1 aliphatic heterocycles. The number of aromatic nitrogens is 1. The van der Waals surface area contributed by atoms with E-state index in [1.165, 1.54) is 5.56 Å². The van der Waals surface area contributed by atoms with E-state index in [0.29, 0.717) is 36.6 Å². The van der Waals surface area contributed by atoms with Crippen molar-refractivity contribution in [3.63, 3.8) is 0 Å². The third-order valence-corrected chi connectivity index (χ3v) is 8.25. The van der Waals surface area contributed by atoms with Crippen LogP contribution in [0.25, 0.3) is 0 Å². The molecule has 0 spiro atoms. The predicted molar refractivity (Wildman–Crippen MR) is 136 cm³/mol. The van der Waals surface area contributed by atoms with E-state index >= 15 is 0 Å². The number of amides is 1. The first-order valence-electron chi connectivity index (χ1n) is 13.0. The van der Waals surface area contributed by atoms with Crippen LogP contribution in [0.2, 0.25) is 0 Å². The summed E-state index contributed by atoms with van der Waals surface area (Å²) < 4.78 is 6.22. The standard InChI is InChI=1S/C28H36N4O4/c1-29-25(33)23-8-7-21(16-30-23)36-19-27(17-31-24-15-22(24)20-5-3-2-4-6-20)11-13-32(14-12-27)18-28(9-10-28)26(34)35/h2-8,16,22,24,31H,9-15,17-19H2,1H3,(H,29,33)(H,34,35). The zero-order valence-electron chi connectivity index (χ0n) is 20.9. The summed E-state index contributed by atoms with van der Waals surface area (Å²) >= 11 is 0. The largest absolute Gasteiger partial charge is 0.491 e. The summed E-state index contributed by atoms with van der Waals surface area (Å²) in [6, 6.07) is 14.6. The molecule has 2 saturated carbocycles. The molecule has 36 heavy (non-hydrogen) atoms. The van der Waals surface area contributed by atoms with Crippen molar-refractivity contribution >= 4 is 11.9 Å². The molecule has 0 radical (unpaired) electrons. The molecule has 0 bridgehead atoms. The summed E-state index contributed by atoms with van der Waals surface area (Å²) in [7, 11) is 1.58. The van der Waals surface area contributed by atoms with Crippen LogP contribution in [0, 0.1) is 10.8 Å². The summed E-state index contributed by atoms with van der Waals surface area (Å²) in [5, 5.41) is 16.0. The first kappa shape index (κ1) is 24.7. The van der Waals surface area contributed by atoms with Crippen LogP contribution in [0.3, 0.4) is 0 Å². The number of benzene rings is 1. The molecule has 1 saturated heterocycles. The zero-order chi connectivity index (χ0) is 25.2. The van der Waals surface area contributed by atoms with Crippen LogP contribution < -0.4 is 15.4 Å². The number of likely N-dealkylation sites (tertiary alicyclic amines) is 1.